The van der Waals surface area contributed by atoms with Crippen LogP contribution in [-0.4, -0.2) is 58.6 Å². The van der Waals surface area contributed by atoms with Gasteiger partial charge in [-0.1, -0.05) is 71.4 Å². The van der Waals surface area contributed by atoms with E-state index in [-0.39, 0.29) is 43.3 Å². The van der Waals surface area contributed by atoms with E-state index in [4.69, 9.17) is 0 Å². The first-order valence-electron chi connectivity index (χ1n) is 16.3. The summed E-state index contributed by atoms with van der Waals surface area (Å²) >= 11 is 3.50. The molecule has 3 aromatic carbocycles. The monoisotopic (exact) mass is 700 g/mol. The maximum atomic E-state index is 14.0. The molecule has 3 aliphatic heterocycles. The standard InChI is InChI=1S/C37H41BrN4O5/c1-24(6-4-10-34(44)41-22-28-8-3-2-7-26(28)18-31(41)23-43)37(47)32-19-29(38)13-16-33(32)42(36(37)46)21-25-11-14-30(15-12-25)40-35(45)27-9-5-17-39-20-27/h2-4,6-8,11-16,19,24,27,31,39,43,47H,5,9-10,17-18,20-23H2,1H3,(H,40,45)/b6-4+/t24-,27?,31-,37+/m0/s1. The summed E-state index contributed by atoms with van der Waals surface area (Å²) in [5.41, 5.74) is 3.06. The Bertz CT molecular complexity index is 1670. The predicted octanol–water partition coefficient (Wildman–Crippen LogP) is 4.65. The number of halogens is 1. The Morgan fingerprint density at radius 3 is 2.62 bits per heavy atom. The van der Waals surface area contributed by atoms with Crippen LogP contribution in [0.4, 0.5) is 11.4 Å². The molecule has 3 aromatic rings. The topological polar surface area (TPSA) is 122 Å². The third kappa shape index (κ3) is 6.78. The Kier molecular flexibility index (Phi) is 9.93. The number of carbonyl (C=O) groups excluding carboxylic acids is 3. The number of rotatable bonds is 9. The van der Waals surface area contributed by atoms with Gasteiger partial charge in [0.25, 0.3) is 5.91 Å². The molecule has 0 bridgehead atoms. The first kappa shape index (κ1) is 33.1. The van der Waals surface area contributed by atoms with Gasteiger partial charge in [0.15, 0.2) is 5.60 Å². The second kappa shape index (κ2) is 14.1. The van der Waals surface area contributed by atoms with Crippen molar-refractivity contribution in [2.45, 2.75) is 57.3 Å². The summed E-state index contributed by atoms with van der Waals surface area (Å²) in [6, 6.07) is 20.5. The molecule has 3 heterocycles. The highest BCUT2D eigenvalue weighted by Crippen LogP contribution is 2.46. The summed E-state index contributed by atoms with van der Waals surface area (Å²) in [6.45, 7) is 3.96. The number of aliphatic hydroxyl groups is 2. The molecule has 0 spiro atoms. The molecular formula is C37H41BrN4O5. The van der Waals surface area contributed by atoms with Gasteiger partial charge in [-0.3, -0.25) is 14.4 Å². The molecule has 3 aliphatic rings. The van der Waals surface area contributed by atoms with Gasteiger partial charge in [0, 0.05) is 41.2 Å². The van der Waals surface area contributed by atoms with Crippen LogP contribution in [0.1, 0.15) is 48.4 Å². The van der Waals surface area contributed by atoms with Crippen molar-refractivity contribution < 1.29 is 24.6 Å². The van der Waals surface area contributed by atoms with E-state index in [1.165, 1.54) is 0 Å². The van der Waals surface area contributed by atoms with Crippen LogP contribution in [0.25, 0.3) is 0 Å². The smallest absolute Gasteiger partial charge is 0.264 e. The second-order valence-electron chi connectivity index (χ2n) is 12.8. The number of nitrogens with zero attached hydrogens (tertiary/aromatic N) is 2. The summed E-state index contributed by atoms with van der Waals surface area (Å²) in [4.78, 5) is 43.3. The fourth-order valence-electron chi connectivity index (χ4n) is 6.94. The summed E-state index contributed by atoms with van der Waals surface area (Å²) in [5.74, 6) is -1.24. The lowest BCUT2D eigenvalue weighted by Crippen LogP contribution is -2.46. The molecular weight excluding hydrogens is 660 g/mol. The summed E-state index contributed by atoms with van der Waals surface area (Å²) in [7, 11) is 0. The highest BCUT2D eigenvalue weighted by atomic mass is 79.9. The van der Waals surface area contributed by atoms with Crippen LogP contribution in [0.3, 0.4) is 0 Å². The first-order valence-corrected chi connectivity index (χ1v) is 17.1. The molecule has 4 atom stereocenters. The van der Waals surface area contributed by atoms with Crippen LogP contribution in [-0.2, 0) is 39.5 Å². The van der Waals surface area contributed by atoms with Gasteiger partial charge in [0.05, 0.1) is 30.8 Å². The van der Waals surface area contributed by atoms with Crippen LogP contribution in [0, 0.1) is 11.8 Å². The van der Waals surface area contributed by atoms with E-state index >= 15 is 0 Å². The van der Waals surface area contributed by atoms with Crippen molar-refractivity contribution in [3.8, 4) is 0 Å². The van der Waals surface area contributed by atoms with Crippen molar-refractivity contribution in [1.29, 1.82) is 0 Å². The number of nitrogens with one attached hydrogen (secondary N) is 2. The van der Waals surface area contributed by atoms with Crippen LogP contribution in [0.15, 0.2) is 83.4 Å². The van der Waals surface area contributed by atoms with E-state index in [0.717, 1.165) is 40.5 Å². The van der Waals surface area contributed by atoms with Crippen molar-refractivity contribution in [1.82, 2.24) is 10.2 Å². The van der Waals surface area contributed by atoms with Crippen molar-refractivity contribution in [3.05, 3.63) is 106 Å². The minimum atomic E-state index is -1.84. The quantitative estimate of drug-likeness (QED) is 0.241. The van der Waals surface area contributed by atoms with Gasteiger partial charge >= 0.3 is 0 Å². The Morgan fingerprint density at radius 1 is 1.13 bits per heavy atom. The molecule has 1 fully saturated rings. The highest BCUT2D eigenvalue weighted by Gasteiger charge is 2.52. The minimum absolute atomic E-state index is 0.00227. The summed E-state index contributed by atoms with van der Waals surface area (Å²) < 4.78 is 0.740. The lowest BCUT2D eigenvalue weighted by atomic mass is 9.83. The number of fused-ring (bicyclic) bond motifs is 2. The van der Waals surface area contributed by atoms with E-state index < -0.39 is 17.4 Å². The van der Waals surface area contributed by atoms with Gasteiger partial charge in [-0.15, -0.1) is 0 Å². The van der Waals surface area contributed by atoms with Crippen LogP contribution in [0.5, 0.6) is 0 Å². The lowest BCUT2D eigenvalue weighted by Gasteiger charge is -2.36. The number of aliphatic hydroxyl groups excluding tert-OH is 1. The zero-order valence-corrected chi connectivity index (χ0v) is 28.1. The maximum Gasteiger partial charge on any atom is 0.264 e. The molecule has 0 aliphatic carbocycles. The molecule has 10 heteroatoms. The van der Waals surface area contributed by atoms with Crippen LogP contribution in [0.2, 0.25) is 0 Å². The zero-order chi connectivity index (χ0) is 33.1. The average molecular weight is 702 g/mol. The van der Waals surface area contributed by atoms with E-state index in [1.54, 1.807) is 34.9 Å². The van der Waals surface area contributed by atoms with Crippen molar-refractivity contribution in [3.63, 3.8) is 0 Å². The normalized spacial score (nSPS) is 23.0. The third-order valence-corrected chi connectivity index (χ3v) is 10.2. The Balaban J connectivity index is 1.14. The van der Waals surface area contributed by atoms with Gasteiger partial charge in [0.2, 0.25) is 11.8 Å². The molecule has 0 aromatic heterocycles. The van der Waals surface area contributed by atoms with Crippen LogP contribution >= 0.6 is 15.9 Å². The van der Waals surface area contributed by atoms with Crippen molar-refractivity contribution >= 4 is 45.0 Å². The van der Waals surface area contributed by atoms with E-state index in [2.05, 4.69) is 26.6 Å². The average Bonchev–Trinajstić information content (AvgIpc) is 3.30. The Labute approximate surface area is 283 Å². The van der Waals surface area contributed by atoms with Gasteiger partial charge in [0.1, 0.15) is 0 Å². The Morgan fingerprint density at radius 2 is 1.89 bits per heavy atom. The van der Waals surface area contributed by atoms with Gasteiger partial charge in [-0.25, -0.2) is 0 Å². The molecule has 9 nitrogen and oxygen atoms in total. The fourth-order valence-corrected chi connectivity index (χ4v) is 7.31. The van der Waals surface area contributed by atoms with Crippen molar-refractivity contribution in [2.24, 2.45) is 11.8 Å². The molecule has 1 unspecified atom stereocenters. The van der Waals surface area contributed by atoms with E-state index in [9.17, 15) is 24.6 Å². The number of hydrogen-bond acceptors (Lipinski definition) is 6. The molecule has 3 amide bonds. The summed E-state index contributed by atoms with van der Waals surface area (Å²) in [6.07, 6.45) is 5.98. The first-order chi connectivity index (χ1) is 22.7. The van der Waals surface area contributed by atoms with Gasteiger partial charge in [-0.2, -0.15) is 0 Å². The number of amides is 3. The fraction of sp³-hybridized carbons (Fsp3) is 0.378. The summed E-state index contributed by atoms with van der Waals surface area (Å²) in [5, 5.41) is 28.3. The largest absolute Gasteiger partial charge is 0.394 e. The molecule has 0 radical (unpaired) electrons. The van der Waals surface area contributed by atoms with E-state index in [1.807, 2.05) is 60.7 Å². The van der Waals surface area contributed by atoms with E-state index in [0.29, 0.717) is 36.4 Å². The SMILES string of the molecule is C[C@@H](/C=C/CC(=O)N1Cc2ccccc2C[C@H]1CO)[C@]1(O)C(=O)N(Cc2ccc(NC(=O)C3CCCNC3)cc2)c2ccc(Br)cc21. The van der Waals surface area contributed by atoms with Gasteiger partial charge in [-0.05, 0) is 72.8 Å². The lowest BCUT2D eigenvalue weighted by molar-refractivity contribution is -0.139. The zero-order valence-electron chi connectivity index (χ0n) is 26.5. The predicted molar refractivity (Wildman–Crippen MR) is 184 cm³/mol. The second-order valence-corrected chi connectivity index (χ2v) is 13.7. The molecule has 246 valence electrons. The number of carbonyl (C=O) groups is 3. The number of benzene rings is 3. The van der Waals surface area contributed by atoms with Gasteiger partial charge < -0.3 is 30.6 Å². The molecule has 1 saturated heterocycles. The Hall–Kier alpha value is -3.83. The minimum Gasteiger partial charge on any atom is -0.394 e. The number of piperidine rings is 1. The maximum absolute atomic E-state index is 14.0. The number of hydrogen-bond donors (Lipinski definition) is 4. The molecule has 4 N–H and O–H groups in total. The highest BCUT2D eigenvalue weighted by molar-refractivity contribution is 9.10. The van der Waals surface area contributed by atoms with Crippen molar-refractivity contribution in [2.75, 3.05) is 29.9 Å². The molecule has 47 heavy (non-hydrogen) atoms. The molecule has 0 saturated carbocycles. The van der Waals surface area contributed by atoms with Crippen LogP contribution < -0.4 is 15.5 Å². The third-order valence-electron chi connectivity index (χ3n) is 9.72. The number of anilines is 2. The molecule has 6 rings (SSSR count).